The van der Waals surface area contributed by atoms with Gasteiger partial charge in [0.15, 0.2) is 5.11 Å². The van der Waals surface area contributed by atoms with Crippen molar-refractivity contribution in [1.29, 1.82) is 0 Å². The molecule has 0 bridgehead atoms. The molecule has 0 aliphatic carbocycles. The Morgan fingerprint density at radius 3 is 2.19 bits per heavy atom. The predicted molar refractivity (Wildman–Crippen MR) is 103 cm³/mol. The molecular formula is C17H19F2N3O3S2. The van der Waals surface area contributed by atoms with E-state index in [4.69, 9.17) is 17.4 Å². The van der Waals surface area contributed by atoms with Crippen molar-refractivity contribution in [3.8, 4) is 5.75 Å². The van der Waals surface area contributed by atoms with Gasteiger partial charge in [0.1, 0.15) is 5.75 Å². The van der Waals surface area contributed by atoms with Crippen molar-refractivity contribution < 1.29 is 21.9 Å². The van der Waals surface area contributed by atoms with Crippen molar-refractivity contribution in [3.05, 3.63) is 54.1 Å². The third kappa shape index (κ3) is 5.84. The summed E-state index contributed by atoms with van der Waals surface area (Å²) < 4.78 is 51.3. The molecule has 0 fully saturated rings. The zero-order chi connectivity index (χ0) is 20.2. The van der Waals surface area contributed by atoms with Gasteiger partial charge in [0, 0.05) is 12.7 Å². The summed E-state index contributed by atoms with van der Waals surface area (Å²) in [6.45, 7) is -0.975. The second-order valence-electron chi connectivity index (χ2n) is 5.73. The number of nitrogens with one attached hydrogen (secondary N) is 1. The van der Waals surface area contributed by atoms with Gasteiger partial charge in [-0.3, -0.25) is 0 Å². The van der Waals surface area contributed by atoms with Crippen molar-refractivity contribution in [2.24, 2.45) is 5.14 Å². The van der Waals surface area contributed by atoms with E-state index in [1.165, 1.54) is 24.3 Å². The van der Waals surface area contributed by atoms with Crippen LogP contribution in [0.1, 0.15) is 18.5 Å². The van der Waals surface area contributed by atoms with E-state index in [0.717, 1.165) is 5.56 Å². The molecule has 0 unspecified atom stereocenters. The molecule has 2 rings (SSSR count). The van der Waals surface area contributed by atoms with Crippen LogP contribution in [0.5, 0.6) is 5.75 Å². The van der Waals surface area contributed by atoms with Crippen LogP contribution < -0.4 is 15.2 Å². The fourth-order valence-electron chi connectivity index (χ4n) is 2.27. The standard InChI is InChI=1S/C17H19F2N3O3S2/c1-11(12-3-9-15(10-4-12)27(20,23)24)22(2)17(26)21-13-5-7-14(8-6-13)25-16(18)19/h3-11,16H,1-2H3,(H,21,26)(H2,20,23,24)/t11-/m0/s1. The highest BCUT2D eigenvalue weighted by molar-refractivity contribution is 7.89. The number of rotatable bonds is 6. The molecule has 0 amide bonds. The number of primary sulfonamides is 1. The van der Waals surface area contributed by atoms with Crippen molar-refractivity contribution >= 4 is 33.0 Å². The van der Waals surface area contributed by atoms with E-state index in [1.54, 1.807) is 36.2 Å². The maximum absolute atomic E-state index is 12.2. The van der Waals surface area contributed by atoms with Crippen LogP contribution in [0.3, 0.4) is 0 Å². The highest BCUT2D eigenvalue weighted by atomic mass is 32.2. The van der Waals surface area contributed by atoms with E-state index in [9.17, 15) is 17.2 Å². The minimum absolute atomic E-state index is 0.0351. The van der Waals surface area contributed by atoms with Gasteiger partial charge in [-0.05, 0) is 61.1 Å². The van der Waals surface area contributed by atoms with Crippen LogP contribution in [0.15, 0.2) is 53.4 Å². The Morgan fingerprint density at radius 2 is 1.70 bits per heavy atom. The van der Waals surface area contributed by atoms with Gasteiger partial charge in [-0.1, -0.05) is 12.1 Å². The van der Waals surface area contributed by atoms with Crippen molar-refractivity contribution in [1.82, 2.24) is 4.90 Å². The molecule has 0 saturated carbocycles. The highest BCUT2D eigenvalue weighted by Crippen LogP contribution is 2.22. The van der Waals surface area contributed by atoms with Gasteiger partial charge in [0.2, 0.25) is 10.0 Å². The van der Waals surface area contributed by atoms with E-state index in [2.05, 4.69) is 10.1 Å². The van der Waals surface area contributed by atoms with E-state index < -0.39 is 16.6 Å². The quantitative estimate of drug-likeness (QED) is 0.704. The predicted octanol–water partition coefficient (Wildman–Crippen LogP) is 3.33. The van der Waals surface area contributed by atoms with Crippen molar-refractivity contribution in [3.63, 3.8) is 0 Å². The molecule has 2 aromatic carbocycles. The Labute approximate surface area is 162 Å². The van der Waals surface area contributed by atoms with Crippen LogP contribution in [0.2, 0.25) is 0 Å². The summed E-state index contributed by atoms with van der Waals surface area (Å²) in [5.74, 6) is 0.0538. The van der Waals surface area contributed by atoms with E-state index >= 15 is 0 Å². The molecule has 3 N–H and O–H groups in total. The van der Waals surface area contributed by atoms with Gasteiger partial charge in [0.05, 0.1) is 10.9 Å². The van der Waals surface area contributed by atoms with Gasteiger partial charge in [-0.15, -0.1) is 0 Å². The van der Waals surface area contributed by atoms with Crippen LogP contribution >= 0.6 is 12.2 Å². The van der Waals surface area contributed by atoms with E-state index in [-0.39, 0.29) is 16.7 Å². The number of benzene rings is 2. The molecule has 0 aromatic heterocycles. The smallest absolute Gasteiger partial charge is 0.387 e. The van der Waals surface area contributed by atoms with Gasteiger partial charge in [0.25, 0.3) is 0 Å². The lowest BCUT2D eigenvalue weighted by atomic mass is 10.1. The van der Waals surface area contributed by atoms with E-state index in [0.29, 0.717) is 10.8 Å². The van der Waals surface area contributed by atoms with Crippen molar-refractivity contribution in [2.75, 3.05) is 12.4 Å². The maximum Gasteiger partial charge on any atom is 0.387 e. The van der Waals surface area contributed by atoms with Gasteiger partial charge < -0.3 is 15.0 Å². The largest absolute Gasteiger partial charge is 0.435 e. The maximum atomic E-state index is 12.2. The topological polar surface area (TPSA) is 84.7 Å². The number of sulfonamides is 1. The van der Waals surface area contributed by atoms with E-state index in [1.807, 2.05) is 6.92 Å². The molecule has 0 aliphatic heterocycles. The van der Waals surface area contributed by atoms with Crippen LogP contribution in [0, 0.1) is 0 Å². The molecule has 27 heavy (non-hydrogen) atoms. The molecule has 0 radical (unpaired) electrons. The first kappa shape index (κ1) is 21.0. The molecule has 1 atom stereocenters. The van der Waals surface area contributed by atoms with Gasteiger partial charge >= 0.3 is 6.61 Å². The molecule has 0 saturated heterocycles. The Morgan fingerprint density at radius 1 is 1.15 bits per heavy atom. The third-order valence-corrected chi connectivity index (χ3v) is 5.24. The van der Waals surface area contributed by atoms with Gasteiger partial charge in [-0.25, -0.2) is 13.6 Å². The van der Waals surface area contributed by atoms with Crippen LogP contribution in [0.4, 0.5) is 14.5 Å². The normalized spacial score (nSPS) is 12.5. The van der Waals surface area contributed by atoms with Crippen LogP contribution in [0.25, 0.3) is 0 Å². The fourth-order valence-corrected chi connectivity index (χ4v) is 3.06. The average Bonchev–Trinajstić information content (AvgIpc) is 2.61. The number of nitrogens with zero attached hydrogens (tertiary/aromatic N) is 1. The number of hydrogen-bond acceptors (Lipinski definition) is 4. The molecule has 146 valence electrons. The number of alkyl halides is 2. The first-order valence-corrected chi connectivity index (χ1v) is 9.75. The summed E-state index contributed by atoms with van der Waals surface area (Å²) >= 11 is 5.37. The Hall–Kier alpha value is -2.30. The summed E-state index contributed by atoms with van der Waals surface area (Å²) in [6.07, 6.45) is 0. The monoisotopic (exact) mass is 415 g/mol. The lowest BCUT2D eigenvalue weighted by molar-refractivity contribution is -0.0498. The lowest BCUT2D eigenvalue weighted by Gasteiger charge is -2.28. The molecular weight excluding hydrogens is 396 g/mol. The molecule has 2 aromatic rings. The zero-order valence-corrected chi connectivity index (χ0v) is 16.2. The lowest BCUT2D eigenvalue weighted by Crippen LogP contribution is -2.33. The molecule has 0 aliphatic rings. The molecule has 0 heterocycles. The molecule has 10 heteroatoms. The third-order valence-electron chi connectivity index (χ3n) is 3.92. The molecule has 0 spiro atoms. The number of hydrogen-bond donors (Lipinski definition) is 2. The summed E-state index contributed by atoms with van der Waals surface area (Å²) in [6, 6.07) is 12.0. The minimum atomic E-state index is -3.74. The van der Waals surface area contributed by atoms with Crippen LogP contribution in [-0.4, -0.2) is 32.1 Å². The summed E-state index contributed by atoms with van der Waals surface area (Å²) in [5.41, 5.74) is 1.46. The first-order chi connectivity index (χ1) is 12.6. The summed E-state index contributed by atoms with van der Waals surface area (Å²) in [5, 5.41) is 8.50. The summed E-state index contributed by atoms with van der Waals surface area (Å²) in [4.78, 5) is 1.82. The Kier molecular flexibility index (Phi) is 6.68. The number of anilines is 1. The Balaban J connectivity index is 2.03. The number of nitrogens with two attached hydrogens (primary N) is 1. The molecule has 6 nitrogen and oxygen atoms in total. The van der Waals surface area contributed by atoms with Crippen molar-refractivity contribution in [2.45, 2.75) is 24.5 Å². The Bertz CT molecular complexity index is 889. The average molecular weight is 415 g/mol. The SMILES string of the molecule is C[C@@H](c1ccc(S(N)(=O)=O)cc1)N(C)C(=S)Nc1ccc(OC(F)F)cc1. The second-order valence-corrected chi connectivity index (χ2v) is 7.68. The fraction of sp³-hybridized carbons (Fsp3) is 0.235. The number of ether oxygens (including phenoxy) is 1. The van der Waals surface area contributed by atoms with Gasteiger partial charge in [-0.2, -0.15) is 8.78 Å². The number of halogens is 2. The highest BCUT2D eigenvalue weighted by Gasteiger charge is 2.16. The number of thiocarbonyl (C=S) groups is 1. The second kappa shape index (κ2) is 8.59. The zero-order valence-electron chi connectivity index (χ0n) is 14.6. The minimum Gasteiger partial charge on any atom is -0.435 e. The summed E-state index contributed by atoms with van der Waals surface area (Å²) in [7, 11) is -1.96. The first-order valence-electron chi connectivity index (χ1n) is 7.79. The van der Waals surface area contributed by atoms with Crippen LogP contribution in [-0.2, 0) is 10.0 Å².